The molecule has 1 aliphatic heterocycles. The third-order valence-electron chi connectivity index (χ3n) is 3.67. The first-order chi connectivity index (χ1) is 8.49. The first kappa shape index (κ1) is 13.6. The van der Waals surface area contributed by atoms with Crippen molar-refractivity contribution >= 4 is 21.8 Å². The molecule has 2 rings (SSSR count). The average molecular weight is 314 g/mol. The van der Waals surface area contributed by atoms with E-state index in [4.69, 9.17) is 0 Å². The smallest absolute Gasteiger partial charge is 0.244 e. The van der Waals surface area contributed by atoms with E-state index >= 15 is 0 Å². The molecule has 0 radical (unpaired) electrons. The van der Waals surface area contributed by atoms with Crippen molar-refractivity contribution in [1.29, 1.82) is 0 Å². The summed E-state index contributed by atoms with van der Waals surface area (Å²) in [5.74, 6) is 0.171. The number of carbonyl (C=O) groups excluding carboxylic acids is 1. The Hall–Kier alpha value is -0.840. The first-order valence-electron chi connectivity index (χ1n) is 6.49. The number of halogens is 1. The Morgan fingerprint density at radius 2 is 2.06 bits per heavy atom. The Morgan fingerprint density at radius 3 is 2.56 bits per heavy atom. The quantitative estimate of drug-likeness (QED) is 0.842. The molecule has 1 saturated heterocycles. The number of piperidine rings is 1. The van der Waals surface area contributed by atoms with Crippen LogP contribution in [0, 0.1) is 6.92 Å². The highest BCUT2D eigenvalue weighted by atomic mass is 79.9. The molecule has 0 N–H and O–H groups in total. The van der Waals surface area contributed by atoms with E-state index in [-0.39, 0.29) is 5.91 Å². The van der Waals surface area contributed by atoms with E-state index in [1.54, 1.807) is 4.68 Å². The first-order valence-corrected chi connectivity index (χ1v) is 7.29. The van der Waals surface area contributed by atoms with E-state index in [0.717, 1.165) is 23.0 Å². The fourth-order valence-corrected chi connectivity index (χ4v) is 3.02. The van der Waals surface area contributed by atoms with Crippen molar-refractivity contribution in [2.45, 2.75) is 58.7 Å². The van der Waals surface area contributed by atoms with E-state index in [0.29, 0.717) is 18.6 Å². The molecule has 1 aliphatic rings. The Bertz CT molecular complexity index is 414. The zero-order valence-corrected chi connectivity index (χ0v) is 12.8. The van der Waals surface area contributed by atoms with E-state index in [2.05, 4.69) is 34.9 Å². The number of hydrogen-bond donors (Lipinski definition) is 0. The lowest BCUT2D eigenvalue weighted by atomic mass is 9.97. The van der Waals surface area contributed by atoms with Gasteiger partial charge in [0.05, 0.1) is 10.2 Å². The van der Waals surface area contributed by atoms with Crippen molar-refractivity contribution in [2.75, 3.05) is 0 Å². The monoisotopic (exact) mass is 313 g/mol. The molecule has 5 heteroatoms. The van der Waals surface area contributed by atoms with Crippen molar-refractivity contribution in [2.24, 2.45) is 0 Å². The number of likely N-dealkylation sites (tertiary alicyclic amines) is 1. The van der Waals surface area contributed by atoms with Gasteiger partial charge in [-0.2, -0.15) is 5.10 Å². The van der Waals surface area contributed by atoms with E-state index in [1.165, 1.54) is 6.42 Å². The molecule has 2 heterocycles. The zero-order chi connectivity index (χ0) is 13.3. The molecule has 0 saturated carbocycles. The summed E-state index contributed by atoms with van der Waals surface area (Å²) in [7, 11) is 0. The molecule has 100 valence electrons. The maximum absolute atomic E-state index is 12.4. The molecule has 2 atom stereocenters. The molecular weight excluding hydrogens is 294 g/mol. The van der Waals surface area contributed by atoms with Crippen LogP contribution in [-0.2, 0) is 11.3 Å². The van der Waals surface area contributed by atoms with Crippen LogP contribution in [0.2, 0.25) is 0 Å². The molecule has 0 aliphatic carbocycles. The summed E-state index contributed by atoms with van der Waals surface area (Å²) in [5, 5.41) is 4.32. The highest BCUT2D eigenvalue weighted by Crippen LogP contribution is 2.23. The Labute approximate surface area is 116 Å². The maximum Gasteiger partial charge on any atom is 0.244 e. The predicted molar refractivity (Wildman–Crippen MR) is 74.3 cm³/mol. The summed E-state index contributed by atoms with van der Waals surface area (Å²) in [4.78, 5) is 14.4. The number of rotatable bonds is 2. The molecular formula is C13H20BrN3O. The van der Waals surface area contributed by atoms with Gasteiger partial charge in [-0.05, 0) is 56.0 Å². The van der Waals surface area contributed by atoms with E-state index in [1.807, 2.05) is 18.0 Å². The maximum atomic E-state index is 12.4. The highest BCUT2D eigenvalue weighted by molar-refractivity contribution is 9.10. The molecule has 4 nitrogen and oxygen atoms in total. The molecule has 1 fully saturated rings. The second-order valence-corrected chi connectivity index (χ2v) is 6.04. The van der Waals surface area contributed by atoms with Gasteiger partial charge in [-0.3, -0.25) is 9.48 Å². The molecule has 1 aromatic rings. The fraction of sp³-hybridized carbons (Fsp3) is 0.692. The third kappa shape index (κ3) is 2.76. The number of aromatic nitrogens is 2. The molecule has 1 amide bonds. The normalized spacial score (nSPS) is 24.3. The molecule has 0 aromatic carbocycles. The number of carbonyl (C=O) groups is 1. The van der Waals surface area contributed by atoms with Gasteiger partial charge in [-0.1, -0.05) is 0 Å². The Balaban J connectivity index is 2.06. The van der Waals surface area contributed by atoms with Crippen molar-refractivity contribution in [3.8, 4) is 0 Å². The summed E-state index contributed by atoms with van der Waals surface area (Å²) >= 11 is 3.42. The lowest BCUT2D eigenvalue weighted by molar-refractivity contribution is -0.138. The number of aryl methyl sites for hydroxylation is 1. The van der Waals surface area contributed by atoms with Gasteiger partial charge in [0.25, 0.3) is 0 Å². The minimum Gasteiger partial charge on any atom is -0.336 e. The van der Waals surface area contributed by atoms with Gasteiger partial charge in [0.1, 0.15) is 6.54 Å². The minimum absolute atomic E-state index is 0.171. The van der Waals surface area contributed by atoms with Gasteiger partial charge in [-0.25, -0.2) is 0 Å². The van der Waals surface area contributed by atoms with Crippen LogP contribution < -0.4 is 0 Å². The van der Waals surface area contributed by atoms with Crippen molar-refractivity contribution in [3.05, 3.63) is 16.4 Å². The average Bonchev–Trinajstić information content (AvgIpc) is 2.57. The minimum atomic E-state index is 0.171. The lowest BCUT2D eigenvalue weighted by Crippen LogP contribution is -2.48. The lowest BCUT2D eigenvalue weighted by Gasteiger charge is -2.39. The van der Waals surface area contributed by atoms with E-state index in [9.17, 15) is 4.79 Å². The molecule has 0 unspecified atom stereocenters. The van der Waals surface area contributed by atoms with Gasteiger partial charge in [0, 0.05) is 18.3 Å². The predicted octanol–water partition coefficient (Wildman–Crippen LogP) is 2.74. The second kappa shape index (κ2) is 5.43. The summed E-state index contributed by atoms with van der Waals surface area (Å²) in [6.45, 7) is 6.54. The summed E-state index contributed by atoms with van der Waals surface area (Å²) in [6.07, 6.45) is 5.31. The van der Waals surface area contributed by atoms with Crippen LogP contribution in [-0.4, -0.2) is 32.7 Å². The van der Waals surface area contributed by atoms with Crippen LogP contribution in [0.25, 0.3) is 0 Å². The summed E-state index contributed by atoms with van der Waals surface area (Å²) in [6, 6.07) is 0.697. The summed E-state index contributed by atoms with van der Waals surface area (Å²) in [5.41, 5.74) is 0.919. The van der Waals surface area contributed by atoms with Gasteiger partial charge < -0.3 is 4.90 Å². The number of amides is 1. The Morgan fingerprint density at radius 1 is 1.44 bits per heavy atom. The van der Waals surface area contributed by atoms with E-state index < -0.39 is 0 Å². The molecule has 0 spiro atoms. The third-order valence-corrected chi connectivity index (χ3v) is 4.44. The SMILES string of the molecule is Cc1nn(CC(=O)N2[C@H](C)CCC[C@H]2C)cc1Br. The van der Waals surface area contributed by atoms with Gasteiger partial charge in [0.2, 0.25) is 5.91 Å². The van der Waals surface area contributed by atoms with Crippen molar-refractivity contribution in [3.63, 3.8) is 0 Å². The highest BCUT2D eigenvalue weighted by Gasteiger charge is 2.28. The standard InChI is InChI=1S/C13H20BrN3O/c1-9-5-4-6-10(2)17(9)13(18)8-16-7-12(14)11(3)15-16/h7,9-10H,4-6,8H2,1-3H3/t9-,10-/m1/s1. The Kier molecular flexibility index (Phi) is 4.10. The largest absolute Gasteiger partial charge is 0.336 e. The van der Waals surface area contributed by atoms with Gasteiger partial charge >= 0.3 is 0 Å². The van der Waals surface area contributed by atoms with Crippen LogP contribution in [0.3, 0.4) is 0 Å². The van der Waals surface area contributed by atoms with Crippen LogP contribution in [0.1, 0.15) is 38.8 Å². The van der Waals surface area contributed by atoms with Gasteiger partial charge in [-0.15, -0.1) is 0 Å². The van der Waals surface area contributed by atoms with Crippen molar-refractivity contribution < 1.29 is 4.79 Å². The molecule has 1 aromatic heterocycles. The molecule has 0 bridgehead atoms. The topological polar surface area (TPSA) is 38.1 Å². The van der Waals surface area contributed by atoms with Gasteiger partial charge in [0.15, 0.2) is 0 Å². The number of hydrogen-bond acceptors (Lipinski definition) is 2. The van der Waals surface area contributed by atoms with Crippen LogP contribution in [0.4, 0.5) is 0 Å². The zero-order valence-electron chi connectivity index (χ0n) is 11.2. The van der Waals surface area contributed by atoms with Crippen LogP contribution >= 0.6 is 15.9 Å². The fourth-order valence-electron chi connectivity index (χ4n) is 2.71. The van der Waals surface area contributed by atoms with Crippen LogP contribution in [0.5, 0.6) is 0 Å². The summed E-state index contributed by atoms with van der Waals surface area (Å²) < 4.78 is 2.67. The van der Waals surface area contributed by atoms with Crippen LogP contribution in [0.15, 0.2) is 10.7 Å². The number of nitrogens with zero attached hydrogens (tertiary/aromatic N) is 3. The molecule has 18 heavy (non-hydrogen) atoms. The van der Waals surface area contributed by atoms with Crippen molar-refractivity contribution in [1.82, 2.24) is 14.7 Å². The second-order valence-electron chi connectivity index (χ2n) is 5.19.